The zero-order valence-corrected chi connectivity index (χ0v) is 13.9. The quantitative estimate of drug-likeness (QED) is 0.646. The summed E-state index contributed by atoms with van der Waals surface area (Å²) in [5.41, 5.74) is 1.90. The van der Waals surface area contributed by atoms with Gasteiger partial charge in [-0.3, -0.25) is 4.57 Å². The van der Waals surface area contributed by atoms with Crippen LogP contribution in [0, 0.1) is 5.82 Å². The van der Waals surface area contributed by atoms with E-state index in [-0.39, 0.29) is 11.5 Å². The lowest BCUT2D eigenvalue weighted by Gasteiger charge is -2.08. The molecular formula is C16H11BrClFN2O. The van der Waals surface area contributed by atoms with Gasteiger partial charge in [0.15, 0.2) is 0 Å². The fourth-order valence-electron chi connectivity index (χ4n) is 2.25. The van der Waals surface area contributed by atoms with E-state index >= 15 is 0 Å². The molecule has 0 aliphatic rings. The molecule has 3 nitrogen and oxygen atoms in total. The number of aromatic nitrogens is 2. The number of halogens is 3. The summed E-state index contributed by atoms with van der Waals surface area (Å²) in [7, 11) is 1.67. The summed E-state index contributed by atoms with van der Waals surface area (Å²) in [6.45, 7) is 0. The summed E-state index contributed by atoms with van der Waals surface area (Å²) in [5, 5.41) is 0.422. The van der Waals surface area contributed by atoms with Crippen LogP contribution in [-0.4, -0.2) is 9.13 Å². The Morgan fingerprint density at radius 2 is 1.86 bits per heavy atom. The molecule has 0 saturated carbocycles. The molecule has 0 atom stereocenters. The van der Waals surface area contributed by atoms with Gasteiger partial charge in [-0.2, -0.15) is 0 Å². The summed E-state index contributed by atoms with van der Waals surface area (Å²) in [6, 6.07) is 9.91. The van der Waals surface area contributed by atoms with Crippen molar-refractivity contribution in [3.63, 3.8) is 0 Å². The standard InChI is InChI=1S/C16H11BrClFN2O/c1-20-4-5-21(16(20)22)15-3-2-10(8-14(15)18)11-6-12(17)9-13(19)7-11/h2-9H,1H3. The zero-order chi connectivity index (χ0) is 15.9. The van der Waals surface area contributed by atoms with Gasteiger partial charge in [0.1, 0.15) is 5.82 Å². The number of hydrogen-bond acceptors (Lipinski definition) is 1. The van der Waals surface area contributed by atoms with Gasteiger partial charge in [0.25, 0.3) is 0 Å². The summed E-state index contributed by atoms with van der Waals surface area (Å²) in [5.74, 6) is -0.330. The Kier molecular flexibility index (Phi) is 3.93. The van der Waals surface area contributed by atoms with Crippen LogP contribution >= 0.6 is 27.5 Å². The van der Waals surface area contributed by atoms with Gasteiger partial charge in [0.05, 0.1) is 10.7 Å². The fraction of sp³-hybridized carbons (Fsp3) is 0.0625. The van der Waals surface area contributed by atoms with Gasteiger partial charge in [0, 0.05) is 23.9 Å². The minimum Gasteiger partial charge on any atom is -0.302 e. The Balaban J connectivity index is 2.09. The minimum absolute atomic E-state index is 0.178. The van der Waals surface area contributed by atoms with E-state index in [9.17, 15) is 9.18 Å². The monoisotopic (exact) mass is 380 g/mol. The van der Waals surface area contributed by atoms with Crippen molar-refractivity contribution < 1.29 is 4.39 Å². The summed E-state index contributed by atoms with van der Waals surface area (Å²) < 4.78 is 17.1. The Labute approximate surface area is 139 Å². The zero-order valence-electron chi connectivity index (χ0n) is 11.6. The average Bonchev–Trinajstić information content (AvgIpc) is 2.78. The first-order valence-corrected chi connectivity index (χ1v) is 7.63. The summed E-state index contributed by atoms with van der Waals surface area (Å²) in [4.78, 5) is 12.0. The number of rotatable bonds is 2. The van der Waals surface area contributed by atoms with Crippen molar-refractivity contribution in [2.75, 3.05) is 0 Å². The molecule has 6 heteroatoms. The van der Waals surface area contributed by atoms with E-state index in [4.69, 9.17) is 11.6 Å². The molecule has 3 rings (SSSR count). The highest BCUT2D eigenvalue weighted by atomic mass is 79.9. The maximum atomic E-state index is 13.5. The first-order valence-electron chi connectivity index (χ1n) is 6.46. The Morgan fingerprint density at radius 1 is 1.09 bits per heavy atom. The fourth-order valence-corrected chi connectivity index (χ4v) is 2.99. The molecule has 0 aliphatic heterocycles. The lowest BCUT2D eigenvalue weighted by Crippen LogP contribution is -2.20. The third-order valence-corrected chi connectivity index (χ3v) is 4.11. The van der Waals surface area contributed by atoms with Gasteiger partial charge in [0.2, 0.25) is 0 Å². The molecule has 22 heavy (non-hydrogen) atoms. The lowest BCUT2D eigenvalue weighted by atomic mass is 10.1. The molecule has 0 bridgehead atoms. The van der Waals surface area contributed by atoms with E-state index < -0.39 is 0 Å². The van der Waals surface area contributed by atoms with Gasteiger partial charge in [-0.1, -0.05) is 33.6 Å². The van der Waals surface area contributed by atoms with Crippen molar-refractivity contribution in [3.05, 3.63) is 74.6 Å². The molecule has 0 aliphatic carbocycles. The van der Waals surface area contributed by atoms with Gasteiger partial charge >= 0.3 is 5.69 Å². The smallest absolute Gasteiger partial charge is 0.302 e. The highest BCUT2D eigenvalue weighted by Gasteiger charge is 2.09. The van der Waals surface area contributed by atoms with Crippen molar-refractivity contribution in [2.45, 2.75) is 0 Å². The first-order chi connectivity index (χ1) is 10.5. The van der Waals surface area contributed by atoms with Crippen molar-refractivity contribution in [1.82, 2.24) is 9.13 Å². The van der Waals surface area contributed by atoms with Crippen molar-refractivity contribution >= 4 is 27.5 Å². The maximum Gasteiger partial charge on any atom is 0.332 e. The number of hydrogen-bond donors (Lipinski definition) is 0. The highest BCUT2D eigenvalue weighted by Crippen LogP contribution is 2.29. The van der Waals surface area contributed by atoms with Gasteiger partial charge in [-0.05, 0) is 41.5 Å². The lowest BCUT2D eigenvalue weighted by molar-refractivity contribution is 0.627. The van der Waals surface area contributed by atoms with Crippen molar-refractivity contribution in [3.8, 4) is 16.8 Å². The molecule has 0 saturated heterocycles. The highest BCUT2D eigenvalue weighted by molar-refractivity contribution is 9.10. The van der Waals surface area contributed by atoms with Crippen LogP contribution in [0.1, 0.15) is 0 Å². The molecule has 0 radical (unpaired) electrons. The van der Waals surface area contributed by atoms with E-state index in [0.29, 0.717) is 20.7 Å². The third-order valence-electron chi connectivity index (χ3n) is 3.35. The minimum atomic E-state index is -0.330. The maximum absolute atomic E-state index is 13.5. The predicted molar refractivity (Wildman–Crippen MR) is 89.1 cm³/mol. The molecule has 3 aromatic rings. The second-order valence-electron chi connectivity index (χ2n) is 4.89. The molecule has 0 spiro atoms. The second kappa shape index (κ2) is 5.74. The van der Waals surface area contributed by atoms with E-state index in [1.165, 1.54) is 21.3 Å². The van der Waals surface area contributed by atoms with Gasteiger partial charge in [-0.15, -0.1) is 0 Å². The van der Waals surface area contributed by atoms with Crippen LogP contribution in [0.15, 0.2) is 58.1 Å². The van der Waals surface area contributed by atoms with Crippen LogP contribution in [0.5, 0.6) is 0 Å². The van der Waals surface area contributed by atoms with Crippen molar-refractivity contribution in [1.29, 1.82) is 0 Å². The molecule has 1 aromatic heterocycles. The van der Waals surface area contributed by atoms with Crippen molar-refractivity contribution in [2.24, 2.45) is 7.05 Å². The summed E-state index contributed by atoms with van der Waals surface area (Å²) >= 11 is 9.57. The molecule has 2 aromatic carbocycles. The van der Waals surface area contributed by atoms with Crippen LogP contribution in [0.3, 0.4) is 0 Å². The molecule has 0 unspecified atom stereocenters. The van der Waals surface area contributed by atoms with E-state index in [1.807, 2.05) is 12.1 Å². The predicted octanol–water partition coefficient (Wildman–Crippen LogP) is 4.40. The molecule has 0 fully saturated rings. The number of nitrogens with zero attached hydrogens (tertiary/aromatic N) is 2. The molecular weight excluding hydrogens is 371 g/mol. The number of benzene rings is 2. The van der Waals surface area contributed by atoms with Gasteiger partial charge in [-0.25, -0.2) is 9.18 Å². The normalized spacial score (nSPS) is 10.9. The molecule has 1 heterocycles. The van der Waals surface area contributed by atoms with Crippen LogP contribution in [0.2, 0.25) is 5.02 Å². The number of aryl methyl sites for hydroxylation is 1. The van der Waals surface area contributed by atoms with Crippen LogP contribution in [0.4, 0.5) is 4.39 Å². The van der Waals surface area contributed by atoms with Crippen LogP contribution in [0.25, 0.3) is 16.8 Å². The SMILES string of the molecule is Cn1ccn(-c2ccc(-c3cc(F)cc(Br)c3)cc2Cl)c1=O. The Morgan fingerprint density at radius 3 is 2.45 bits per heavy atom. The van der Waals surface area contributed by atoms with E-state index in [2.05, 4.69) is 15.9 Å². The molecule has 112 valence electrons. The van der Waals surface area contributed by atoms with Gasteiger partial charge < -0.3 is 4.57 Å². The first kappa shape index (κ1) is 15.1. The number of imidazole rings is 1. The molecule has 0 amide bonds. The molecule has 0 N–H and O–H groups in total. The largest absolute Gasteiger partial charge is 0.332 e. The Hall–Kier alpha value is -1.85. The Bertz CT molecular complexity index is 896. The second-order valence-corrected chi connectivity index (χ2v) is 6.21. The van der Waals surface area contributed by atoms with Crippen LogP contribution in [-0.2, 0) is 7.05 Å². The topological polar surface area (TPSA) is 26.9 Å². The average molecular weight is 382 g/mol. The third kappa shape index (κ3) is 2.74. The van der Waals surface area contributed by atoms with E-state index in [0.717, 1.165) is 5.56 Å². The summed E-state index contributed by atoms with van der Waals surface area (Å²) in [6.07, 6.45) is 3.32. The van der Waals surface area contributed by atoms with Crippen LogP contribution < -0.4 is 5.69 Å². The van der Waals surface area contributed by atoms with E-state index in [1.54, 1.807) is 31.6 Å².